The van der Waals surface area contributed by atoms with Gasteiger partial charge in [0.15, 0.2) is 6.61 Å². The summed E-state index contributed by atoms with van der Waals surface area (Å²) in [6, 6.07) is 13.5. The Kier molecular flexibility index (Phi) is 5.36. The van der Waals surface area contributed by atoms with Crippen LogP contribution in [0.5, 0.6) is 0 Å². The SMILES string of the molecule is O=C1Nc2ccc(I)cc2/C1=C1/Nc2ccccc2/C1=N\OCC(=O)N1CCNCC1. The van der Waals surface area contributed by atoms with Crippen molar-refractivity contribution in [3.05, 3.63) is 62.9 Å². The van der Waals surface area contributed by atoms with Gasteiger partial charge in [-0.25, -0.2) is 0 Å². The van der Waals surface area contributed by atoms with Gasteiger partial charge in [0.2, 0.25) is 0 Å². The Bertz CT molecular complexity index is 1140. The van der Waals surface area contributed by atoms with E-state index in [0.717, 1.165) is 39.2 Å². The maximum Gasteiger partial charge on any atom is 0.263 e. The molecule has 5 rings (SSSR count). The van der Waals surface area contributed by atoms with Crippen LogP contribution >= 0.6 is 22.6 Å². The van der Waals surface area contributed by atoms with E-state index in [9.17, 15) is 9.59 Å². The number of rotatable bonds is 3. The summed E-state index contributed by atoms with van der Waals surface area (Å²) in [7, 11) is 0. The number of carbonyl (C=O) groups excluding carboxylic acids is 2. The van der Waals surface area contributed by atoms with Crippen LogP contribution in [-0.2, 0) is 14.4 Å². The Balaban J connectivity index is 1.49. The van der Waals surface area contributed by atoms with Crippen LogP contribution in [0.2, 0.25) is 0 Å². The number of benzene rings is 2. The number of amides is 2. The van der Waals surface area contributed by atoms with Crippen molar-refractivity contribution in [2.75, 3.05) is 43.4 Å². The number of piperazine rings is 1. The van der Waals surface area contributed by atoms with Gasteiger partial charge in [0.25, 0.3) is 11.8 Å². The van der Waals surface area contributed by atoms with E-state index in [4.69, 9.17) is 4.84 Å². The molecule has 1 saturated heterocycles. The van der Waals surface area contributed by atoms with Gasteiger partial charge in [-0.1, -0.05) is 23.4 Å². The number of para-hydroxylation sites is 1. The average molecular weight is 529 g/mol. The van der Waals surface area contributed by atoms with Crippen molar-refractivity contribution in [1.29, 1.82) is 0 Å². The molecule has 2 aromatic carbocycles. The Morgan fingerprint density at radius 1 is 1.06 bits per heavy atom. The van der Waals surface area contributed by atoms with Gasteiger partial charge in [0, 0.05) is 52.3 Å². The number of nitrogens with one attached hydrogen (secondary N) is 3. The van der Waals surface area contributed by atoms with E-state index < -0.39 is 0 Å². The summed E-state index contributed by atoms with van der Waals surface area (Å²) >= 11 is 2.23. The molecule has 2 aromatic rings. The van der Waals surface area contributed by atoms with Gasteiger partial charge in [-0.3, -0.25) is 9.59 Å². The molecule has 0 atom stereocenters. The minimum Gasteiger partial charge on any atom is -0.385 e. The number of hydrogen-bond acceptors (Lipinski definition) is 6. The molecule has 0 aliphatic carbocycles. The van der Waals surface area contributed by atoms with Crippen molar-refractivity contribution in [3.8, 4) is 0 Å². The lowest BCUT2D eigenvalue weighted by molar-refractivity contribution is -0.136. The van der Waals surface area contributed by atoms with E-state index >= 15 is 0 Å². The quantitative estimate of drug-likeness (QED) is 0.322. The molecule has 0 bridgehead atoms. The highest BCUT2D eigenvalue weighted by molar-refractivity contribution is 14.1. The van der Waals surface area contributed by atoms with Crippen LogP contribution in [0, 0.1) is 3.57 Å². The predicted octanol–water partition coefficient (Wildman–Crippen LogP) is 2.23. The number of anilines is 2. The third-order valence-corrected chi connectivity index (χ3v) is 6.14. The van der Waals surface area contributed by atoms with Gasteiger partial charge in [0.1, 0.15) is 5.71 Å². The van der Waals surface area contributed by atoms with Crippen molar-refractivity contribution < 1.29 is 14.4 Å². The van der Waals surface area contributed by atoms with Gasteiger partial charge < -0.3 is 25.7 Å². The summed E-state index contributed by atoms with van der Waals surface area (Å²) in [5.41, 5.74) is 4.85. The van der Waals surface area contributed by atoms with Gasteiger partial charge in [-0.15, -0.1) is 0 Å². The third kappa shape index (κ3) is 3.79. The molecule has 9 heteroatoms. The number of fused-ring (bicyclic) bond motifs is 2. The molecule has 1 fully saturated rings. The Labute approximate surface area is 192 Å². The van der Waals surface area contributed by atoms with Crippen molar-refractivity contribution >= 4 is 57.1 Å². The number of carbonyl (C=O) groups is 2. The second kappa shape index (κ2) is 8.31. The number of hydrogen-bond donors (Lipinski definition) is 3. The Morgan fingerprint density at radius 2 is 1.84 bits per heavy atom. The molecule has 0 unspecified atom stereocenters. The first-order valence-corrected chi connectivity index (χ1v) is 11.1. The van der Waals surface area contributed by atoms with Crippen molar-refractivity contribution in [2.45, 2.75) is 0 Å². The summed E-state index contributed by atoms with van der Waals surface area (Å²) in [6.45, 7) is 2.74. The van der Waals surface area contributed by atoms with Crippen molar-refractivity contribution in [3.63, 3.8) is 0 Å². The maximum atomic E-state index is 12.8. The lowest BCUT2D eigenvalue weighted by Gasteiger charge is -2.26. The zero-order chi connectivity index (χ0) is 21.4. The van der Waals surface area contributed by atoms with Crippen molar-refractivity contribution in [2.24, 2.45) is 5.16 Å². The van der Waals surface area contributed by atoms with E-state index in [1.165, 1.54) is 0 Å². The zero-order valence-electron chi connectivity index (χ0n) is 16.6. The molecule has 3 aliphatic heterocycles. The lowest BCUT2D eigenvalue weighted by atomic mass is 10.0. The van der Waals surface area contributed by atoms with Crippen molar-refractivity contribution in [1.82, 2.24) is 10.2 Å². The molecule has 31 heavy (non-hydrogen) atoms. The molecule has 0 spiro atoms. The average Bonchev–Trinajstić information content (AvgIpc) is 3.30. The largest absolute Gasteiger partial charge is 0.385 e. The van der Waals surface area contributed by atoms with Gasteiger partial charge >= 0.3 is 0 Å². The second-order valence-corrected chi connectivity index (χ2v) is 8.65. The summed E-state index contributed by atoms with van der Waals surface area (Å²) in [4.78, 5) is 32.5. The minimum atomic E-state index is -0.197. The normalized spacial score (nSPS) is 20.9. The Hall–Kier alpha value is -2.92. The van der Waals surface area contributed by atoms with Crippen LogP contribution in [0.25, 0.3) is 5.57 Å². The standard InChI is InChI=1S/C22H20IN5O3/c23-13-5-6-17-15(11-13)19(22(30)26-17)21-20(14-3-1-2-4-16(14)25-21)27-31-12-18(29)28-9-7-24-8-10-28/h1-6,11,24-25H,7-10,12H2,(H,26,30)/b21-19-,27-20+. The van der Waals surface area contributed by atoms with Crippen LogP contribution < -0.4 is 16.0 Å². The fourth-order valence-electron chi connectivity index (χ4n) is 3.95. The highest BCUT2D eigenvalue weighted by Gasteiger charge is 2.34. The highest BCUT2D eigenvalue weighted by atomic mass is 127. The molecule has 0 radical (unpaired) electrons. The molecule has 3 heterocycles. The van der Waals surface area contributed by atoms with Gasteiger partial charge in [0.05, 0.1) is 11.3 Å². The van der Waals surface area contributed by atoms with Crippen LogP contribution in [0.3, 0.4) is 0 Å². The number of nitrogens with zero attached hydrogens (tertiary/aromatic N) is 2. The molecule has 158 valence electrons. The zero-order valence-corrected chi connectivity index (χ0v) is 18.7. The lowest BCUT2D eigenvalue weighted by Crippen LogP contribution is -2.47. The van der Waals surface area contributed by atoms with Crippen LogP contribution in [0.15, 0.2) is 53.3 Å². The number of oxime groups is 1. The van der Waals surface area contributed by atoms with E-state index in [0.29, 0.717) is 30.1 Å². The van der Waals surface area contributed by atoms with Gasteiger partial charge in [-0.2, -0.15) is 0 Å². The molecule has 0 aromatic heterocycles. The summed E-state index contributed by atoms with van der Waals surface area (Å²) in [6.07, 6.45) is 0. The first-order chi connectivity index (χ1) is 15.1. The summed E-state index contributed by atoms with van der Waals surface area (Å²) in [5.74, 6) is -0.297. The highest BCUT2D eigenvalue weighted by Crippen LogP contribution is 2.39. The number of halogens is 1. The van der Waals surface area contributed by atoms with Crippen LogP contribution in [-0.4, -0.2) is 55.2 Å². The first-order valence-electron chi connectivity index (χ1n) is 10.0. The van der Waals surface area contributed by atoms with E-state index in [2.05, 4.69) is 43.7 Å². The number of allylic oxidation sites excluding steroid dienone is 1. The molecular formula is C22H20IN5O3. The monoisotopic (exact) mass is 529 g/mol. The third-order valence-electron chi connectivity index (χ3n) is 5.47. The Morgan fingerprint density at radius 3 is 2.68 bits per heavy atom. The molecule has 8 nitrogen and oxygen atoms in total. The van der Waals surface area contributed by atoms with Gasteiger partial charge in [-0.05, 0) is 46.9 Å². The molecule has 3 aliphatic rings. The molecular weight excluding hydrogens is 509 g/mol. The smallest absolute Gasteiger partial charge is 0.263 e. The minimum absolute atomic E-state index is 0.0993. The fourth-order valence-corrected chi connectivity index (χ4v) is 4.44. The van der Waals surface area contributed by atoms with Crippen LogP contribution in [0.4, 0.5) is 11.4 Å². The molecule has 2 amide bonds. The molecule has 3 N–H and O–H groups in total. The van der Waals surface area contributed by atoms with Crippen LogP contribution in [0.1, 0.15) is 11.1 Å². The topological polar surface area (TPSA) is 95.1 Å². The maximum absolute atomic E-state index is 12.8. The summed E-state index contributed by atoms with van der Waals surface area (Å²) in [5, 5.41) is 13.8. The predicted molar refractivity (Wildman–Crippen MR) is 127 cm³/mol. The second-order valence-electron chi connectivity index (χ2n) is 7.41. The fraction of sp³-hybridized carbons (Fsp3) is 0.227. The first kappa shape index (κ1) is 20.0. The molecule has 0 saturated carbocycles. The van der Waals surface area contributed by atoms with E-state index in [1.54, 1.807) is 4.90 Å². The summed E-state index contributed by atoms with van der Waals surface area (Å²) < 4.78 is 1.03. The van der Waals surface area contributed by atoms with E-state index in [1.807, 2.05) is 42.5 Å². The van der Waals surface area contributed by atoms with E-state index in [-0.39, 0.29) is 18.4 Å².